The summed E-state index contributed by atoms with van der Waals surface area (Å²) in [5.74, 6) is 0.806. The Morgan fingerprint density at radius 3 is 2.94 bits per heavy atom. The number of carbonyl (C=O) groups is 1. The normalized spacial score (nSPS) is 14.3. The minimum Gasteiger partial charge on any atom is -0.361 e. The molecule has 0 saturated heterocycles. The number of pyridine rings is 1. The molecule has 5 heteroatoms. The van der Waals surface area contributed by atoms with Crippen LogP contribution < -0.4 is 15.5 Å². The van der Waals surface area contributed by atoms with Crippen LogP contribution in [0.25, 0.3) is 0 Å². The van der Waals surface area contributed by atoms with E-state index in [1.165, 1.54) is 12.8 Å². The van der Waals surface area contributed by atoms with Crippen LogP contribution in [0.2, 0.25) is 0 Å². The van der Waals surface area contributed by atoms with Gasteiger partial charge in [-0.2, -0.15) is 0 Å². The molecule has 1 saturated carbocycles. The molecule has 0 radical (unpaired) electrons. The molecule has 0 aliphatic heterocycles. The summed E-state index contributed by atoms with van der Waals surface area (Å²) in [5.41, 5.74) is 0.763. The van der Waals surface area contributed by atoms with Crippen molar-refractivity contribution in [2.45, 2.75) is 25.3 Å². The quantitative estimate of drug-likeness (QED) is 0.795. The molecule has 1 aliphatic carbocycles. The highest BCUT2D eigenvalue weighted by Gasteiger charge is 2.20. The topological polar surface area (TPSA) is 57.3 Å². The smallest absolute Gasteiger partial charge is 0.225 e. The predicted molar refractivity (Wildman–Crippen MR) is 72.8 cm³/mol. The van der Waals surface area contributed by atoms with Crippen LogP contribution in [0, 0.1) is 0 Å². The summed E-state index contributed by atoms with van der Waals surface area (Å²) >= 11 is 0. The van der Waals surface area contributed by atoms with Crippen LogP contribution >= 0.6 is 0 Å². The largest absolute Gasteiger partial charge is 0.361 e. The third-order valence-electron chi connectivity index (χ3n) is 2.85. The Bertz CT molecular complexity index is 415. The highest BCUT2D eigenvalue weighted by atomic mass is 16.1. The monoisotopic (exact) mass is 248 g/mol. The third-order valence-corrected chi connectivity index (χ3v) is 2.85. The number of hydrogen-bond acceptors (Lipinski definition) is 4. The van der Waals surface area contributed by atoms with Crippen LogP contribution in [-0.4, -0.2) is 37.6 Å². The van der Waals surface area contributed by atoms with E-state index in [0.29, 0.717) is 12.5 Å². The van der Waals surface area contributed by atoms with E-state index in [9.17, 15) is 4.79 Å². The number of amides is 1. The van der Waals surface area contributed by atoms with Crippen molar-refractivity contribution in [2.24, 2.45) is 0 Å². The number of carbonyl (C=O) groups excluding carboxylic acids is 1. The lowest BCUT2D eigenvalue weighted by Gasteiger charge is -2.16. The van der Waals surface area contributed by atoms with Gasteiger partial charge in [-0.05, 0) is 25.0 Å². The fraction of sp³-hybridized carbons (Fsp3) is 0.538. The van der Waals surface area contributed by atoms with Gasteiger partial charge in [0.05, 0.1) is 5.69 Å². The fourth-order valence-corrected chi connectivity index (χ4v) is 1.74. The number of anilines is 2. The first-order chi connectivity index (χ1) is 8.66. The Morgan fingerprint density at radius 2 is 2.28 bits per heavy atom. The Balaban J connectivity index is 1.85. The van der Waals surface area contributed by atoms with Gasteiger partial charge >= 0.3 is 0 Å². The van der Waals surface area contributed by atoms with E-state index in [0.717, 1.165) is 18.1 Å². The number of nitrogens with one attached hydrogen (secondary N) is 2. The van der Waals surface area contributed by atoms with Crippen LogP contribution in [0.5, 0.6) is 0 Å². The number of aromatic nitrogens is 1. The molecule has 0 spiro atoms. The number of nitrogens with zero attached hydrogens (tertiary/aromatic N) is 2. The van der Waals surface area contributed by atoms with Crippen molar-refractivity contribution >= 4 is 17.4 Å². The lowest BCUT2D eigenvalue weighted by Crippen LogP contribution is -2.24. The van der Waals surface area contributed by atoms with Crippen LogP contribution in [0.1, 0.15) is 19.3 Å². The van der Waals surface area contributed by atoms with Crippen molar-refractivity contribution in [1.29, 1.82) is 0 Å². The van der Waals surface area contributed by atoms with Crippen LogP contribution in [-0.2, 0) is 4.79 Å². The zero-order valence-electron chi connectivity index (χ0n) is 10.9. The second kappa shape index (κ2) is 5.82. The molecule has 0 aromatic carbocycles. The summed E-state index contributed by atoms with van der Waals surface area (Å²) in [6, 6.07) is 4.34. The van der Waals surface area contributed by atoms with Gasteiger partial charge in [-0.25, -0.2) is 4.98 Å². The standard InChI is InChI=1S/C13H20N4O/c1-17(2)13-11(4-3-8-15-13)16-12(18)7-9-14-10-5-6-10/h3-4,8,10,14H,5-7,9H2,1-2H3,(H,16,18). The molecule has 5 nitrogen and oxygen atoms in total. The van der Waals surface area contributed by atoms with Crippen molar-refractivity contribution in [3.63, 3.8) is 0 Å². The molecule has 0 bridgehead atoms. The Kier molecular flexibility index (Phi) is 4.15. The summed E-state index contributed by atoms with van der Waals surface area (Å²) in [6.45, 7) is 0.744. The number of rotatable bonds is 6. The highest BCUT2D eigenvalue weighted by Crippen LogP contribution is 2.20. The SMILES string of the molecule is CN(C)c1ncccc1NC(=O)CCNC1CC1. The van der Waals surface area contributed by atoms with E-state index in [1.54, 1.807) is 6.20 Å². The average molecular weight is 248 g/mol. The summed E-state index contributed by atoms with van der Waals surface area (Å²) in [7, 11) is 3.82. The molecular weight excluding hydrogens is 228 g/mol. The van der Waals surface area contributed by atoms with Gasteiger partial charge in [0.2, 0.25) is 5.91 Å². The van der Waals surface area contributed by atoms with Crippen molar-refractivity contribution < 1.29 is 4.79 Å². The molecular formula is C13H20N4O. The maximum Gasteiger partial charge on any atom is 0.225 e. The average Bonchev–Trinajstić information content (AvgIpc) is 3.13. The molecule has 1 fully saturated rings. The summed E-state index contributed by atoms with van der Waals surface area (Å²) in [5, 5.41) is 6.23. The highest BCUT2D eigenvalue weighted by molar-refractivity contribution is 5.93. The van der Waals surface area contributed by atoms with Crippen LogP contribution in [0.15, 0.2) is 18.3 Å². The van der Waals surface area contributed by atoms with Crippen molar-refractivity contribution in [3.05, 3.63) is 18.3 Å². The van der Waals surface area contributed by atoms with Crippen molar-refractivity contribution in [3.8, 4) is 0 Å². The fourth-order valence-electron chi connectivity index (χ4n) is 1.74. The molecule has 1 amide bonds. The van der Waals surface area contributed by atoms with Gasteiger partial charge in [-0.1, -0.05) is 0 Å². The number of hydrogen-bond donors (Lipinski definition) is 2. The molecule has 98 valence electrons. The van der Waals surface area contributed by atoms with E-state index in [1.807, 2.05) is 31.1 Å². The van der Waals surface area contributed by atoms with E-state index >= 15 is 0 Å². The van der Waals surface area contributed by atoms with E-state index < -0.39 is 0 Å². The van der Waals surface area contributed by atoms with Gasteiger partial charge in [0.1, 0.15) is 0 Å². The maximum atomic E-state index is 11.8. The molecule has 0 unspecified atom stereocenters. The van der Waals surface area contributed by atoms with Gasteiger partial charge < -0.3 is 15.5 Å². The Hall–Kier alpha value is -1.62. The molecule has 0 atom stereocenters. The van der Waals surface area contributed by atoms with Crippen LogP contribution in [0.4, 0.5) is 11.5 Å². The molecule has 18 heavy (non-hydrogen) atoms. The summed E-state index contributed by atoms with van der Waals surface area (Å²) < 4.78 is 0. The summed E-state index contributed by atoms with van der Waals surface area (Å²) in [4.78, 5) is 17.9. The van der Waals surface area contributed by atoms with Crippen molar-refractivity contribution in [2.75, 3.05) is 30.9 Å². The molecule has 2 N–H and O–H groups in total. The first kappa shape index (κ1) is 12.8. The van der Waals surface area contributed by atoms with Gasteiger partial charge in [-0.15, -0.1) is 0 Å². The molecule has 2 rings (SSSR count). The molecule has 1 heterocycles. The second-order valence-electron chi connectivity index (χ2n) is 4.80. The Morgan fingerprint density at radius 1 is 1.50 bits per heavy atom. The van der Waals surface area contributed by atoms with E-state index in [4.69, 9.17) is 0 Å². The van der Waals surface area contributed by atoms with E-state index in [-0.39, 0.29) is 5.91 Å². The maximum absolute atomic E-state index is 11.8. The van der Waals surface area contributed by atoms with Crippen LogP contribution in [0.3, 0.4) is 0 Å². The molecule has 1 aromatic rings. The third kappa shape index (κ3) is 3.70. The first-order valence-corrected chi connectivity index (χ1v) is 6.32. The first-order valence-electron chi connectivity index (χ1n) is 6.32. The van der Waals surface area contributed by atoms with Gasteiger partial charge in [0.15, 0.2) is 5.82 Å². The van der Waals surface area contributed by atoms with Crippen molar-refractivity contribution in [1.82, 2.24) is 10.3 Å². The predicted octanol–water partition coefficient (Wildman–Crippen LogP) is 1.23. The summed E-state index contributed by atoms with van der Waals surface area (Å²) in [6.07, 6.45) is 4.71. The molecule has 1 aliphatic rings. The minimum absolute atomic E-state index is 0.0271. The zero-order valence-corrected chi connectivity index (χ0v) is 10.9. The van der Waals surface area contributed by atoms with E-state index in [2.05, 4.69) is 15.6 Å². The Labute approximate surface area is 108 Å². The van der Waals surface area contributed by atoms with Gasteiger partial charge in [0, 0.05) is 39.3 Å². The minimum atomic E-state index is 0.0271. The lowest BCUT2D eigenvalue weighted by atomic mass is 10.3. The van der Waals surface area contributed by atoms with Gasteiger partial charge in [-0.3, -0.25) is 4.79 Å². The zero-order chi connectivity index (χ0) is 13.0. The molecule has 1 aromatic heterocycles. The lowest BCUT2D eigenvalue weighted by molar-refractivity contribution is -0.116. The van der Waals surface area contributed by atoms with Gasteiger partial charge in [0.25, 0.3) is 0 Å². The second-order valence-corrected chi connectivity index (χ2v) is 4.80.